The van der Waals surface area contributed by atoms with Crippen LogP contribution in [0, 0.1) is 5.92 Å². The molecule has 0 spiro atoms. The predicted molar refractivity (Wildman–Crippen MR) is 72.4 cm³/mol. The SMILES string of the molecule is NC(=O)C1CCN(C(=O)C2CSCCC(=O)N2)CC1. The Morgan fingerprint density at radius 2 is 2.00 bits per heavy atom. The number of hydrogen-bond acceptors (Lipinski definition) is 4. The van der Waals surface area contributed by atoms with Crippen molar-refractivity contribution in [3.8, 4) is 0 Å². The van der Waals surface area contributed by atoms with Crippen LogP contribution in [0.25, 0.3) is 0 Å². The Labute approximate surface area is 116 Å². The van der Waals surface area contributed by atoms with Gasteiger partial charge in [0.05, 0.1) is 0 Å². The number of hydrogen-bond donors (Lipinski definition) is 2. The van der Waals surface area contributed by atoms with Crippen LogP contribution in [0.15, 0.2) is 0 Å². The minimum absolute atomic E-state index is 0.0364. The lowest BCUT2D eigenvalue weighted by molar-refractivity contribution is -0.138. The summed E-state index contributed by atoms with van der Waals surface area (Å²) in [6.07, 6.45) is 1.71. The number of rotatable bonds is 2. The van der Waals surface area contributed by atoms with Gasteiger partial charge in [0, 0.05) is 36.9 Å². The summed E-state index contributed by atoms with van der Waals surface area (Å²) in [6.45, 7) is 1.09. The number of likely N-dealkylation sites (tertiary alicyclic amines) is 1. The molecule has 2 fully saturated rings. The minimum Gasteiger partial charge on any atom is -0.369 e. The molecule has 0 aliphatic carbocycles. The standard InChI is InChI=1S/C12H19N3O3S/c13-11(17)8-1-4-15(5-2-8)12(18)9-7-19-6-3-10(16)14-9/h8-9H,1-7H2,(H2,13,17)(H,14,16). The number of carbonyl (C=O) groups excluding carboxylic acids is 3. The van der Waals surface area contributed by atoms with Gasteiger partial charge < -0.3 is 16.0 Å². The van der Waals surface area contributed by atoms with Crippen molar-refractivity contribution in [2.75, 3.05) is 24.6 Å². The van der Waals surface area contributed by atoms with Crippen LogP contribution in [0.2, 0.25) is 0 Å². The van der Waals surface area contributed by atoms with E-state index in [-0.39, 0.29) is 23.6 Å². The molecule has 106 valence electrons. The van der Waals surface area contributed by atoms with E-state index in [1.807, 2.05) is 0 Å². The van der Waals surface area contributed by atoms with Crippen LogP contribution in [0.4, 0.5) is 0 Å². The quantitative estimate of drug-likeness (QED) is 0.704. The molecule has 0 aromatic heterocycles. The highest BCUT2D eigenvalue weighted by Gasteiger charge is 2.31. The van der Waals surface area contributed by atoms with E-state index in [1.54, 1.807) is 16.7 Å². The Balaban J connectivity index is 1.89. The van der Waals surface area contributed by atoms with Crippen LogP contribution in [0.1, 0.15) is 19.3 Å². The molecule has 2 aliphatic heterocycles. The number of piperidine rings is 1. The van der Waals surface area contributed by atoms with Gasteiger partial charge in [0.25, 0.3) is 0 Å². The third-order valence-electron chi connectivity index (χ3n) is 3.60. The molecule has 0 aromatic carbocycles. The highest BCUT2D eigenvalue weighted by molar-refractivity contribution is 7.99. The summed E-state index contributed by atoms with van der Waals surface area (Å²) in [5.74, 6) is 0.883. The topological polar surface area (TPSA) is 92.5 Å². The molecule has 19 heavy (non-hydrogen) atoms. The van der Waals surface area contributed by atoms with Crippen LogP contribution < -0.4 is 11.1 Å². The summed E-state index contributed by atoms with van der Waals surface area (Å²) in [6, 6.07) is -0.426. The van der Waals surface area contributed by atoms with Crippen LogP contribution >= 0.6 is 11.8 Å². The fraction of sp³-hybridized carbons (Fsp3) is 0.750. The highest BCUT2D eigenvalue weighted by atomic mass is 32.2. The molecule has 0 aromatic rings. The summed E-state index contributed by atoms with van der Waals surface area (Å²) < 4.78 is 0. The van der Waals surface area contributed by atoms with E-state index in [1.165, 1.54) is 0 Å². The van der Waals surface area contributed by atoms with Gasteiger partial charge in [-0.2, -0.15) is 11.8 Å². The van der Waals surface area contributed by atoms with E-state index in [4.69, 9.17) is 5.73 Å². The molecule has 0 bridgehead atoms. The summed E-state index contributed by atoms with van der Waals surface area (Å²) in [5, 5.41) is 2.77. The molecule has 7 heteroatoms. The molecular formula is C12H19N3O3S. The van der Waals surface area contributed by atoms with Crippen molar-refractivity contribution in [2.45, 2.75) is 25.3 Å². The fourth-order valence-corrected chi connectivity index (χ4v) is 3.37. The fourth-order valence-electron chi connectivity index (χ4n) is 2.41. The van der Waals surface area contributed by atoms with Crippen molar-refractivity contribution >= 4 is 29.5 Å². The first-order valence-corrected chi connectivity index (χ1v) is 7.68. The van der Waals surface area contributed by atoms with E-state index >= 15 is 0 Å². The van der Waals surface area contributed by atoms with Crippen molar-refractivity contribution in [1.82, 2.24) is 10.2 Å². The van der Waals surface area contributed by atoms with Crippen LogP contribution in [-0.4, -0.2) is 53.3 Å². The molecular weight excluding hydrogens is 266 g/mol. The van der Waals surface area contributed by atoms with Crippen molar-refractivity contribution < 1.29 is 14.4 Å². The van der Waals surface area contributed by atoms with E-state index in [0.717, 1.165) is 5.75 Å². The second kappa shape index (κ2) is 6.27. The van der Waals surface area contributed by atoms with Crippen LogP contribution in [-0.2, 0) is 14.4 Å². The first-order chi connectivity index (χ1) is 9.08. The lowest BCUT2D eigenvalue weighted by atomic mass is 9.96. The van der Waals surface area contributed by atoms with Crippen molar-refractivity contribution in [3.05, 3.63) is 0 Å². The molecule has 3 amide bonds. The Hall–Kier alpha value is -1.24. The van der Waals surface area contributed by atoms with Gasteiger partial charge >= 0.3 is 0 Å². The third kappa shape index (κ3) is 3.62. The lowest BCUT2D eigenvalue weighted by Gasteiger charge is -2.33. The molecule has 6 nitrogen and oxygen atoms in total. The van der Waals surface area contributed by atoms with Crippen molar-refractivity contribution in [1.29, 1.82) is 0 Å². The molecule has 2 aliphatic rings. The molecule has 0 saturated carbocycles. The maximum Gasteiger partial charge on any atom is 0.246 e. The largest absolute Gasteiger partial charge is 0.369 e. The zero-order valence-electron chi connectivity index (χ0n) is 10.8. The van der Waals surface area contributed by atoms with Gasteiger partial charge in [0.15, 0.2) is 0 Å². The van der Waals surface area contributed by atoms with Crippen molar-refractivity contribution in [3.63, 3.8) is 0 Å². The Morgan fingerprint density at radius 3 is 2.63 bits per heavy atom. The lowest BCUT2D eigenvalue weighted by Crippen LogP contribution is -2.52. The van der Waals surface area contributed by atoms with Gasteiger partial charge in [-0.3, -0.25) is 14.4 Å². The van der Waals surface area contributed by atoms with Gasteiger partial charge in [-0.15, -0.1) is 0 Å². The minimum atomic E-state index is -0.426. The first kappa shape index (κ1) is 14.2. The zero-order valence-corrected chi connectivity index (χ0v) is 11.6. The number of primary amides is 1. The van der Waals surface area contributed by atoms with Gasteiger partial charge in [0.1, 0.15) is 6.04 Å². The monoisotopic (exact) mass is 285 g/mol. The number of nitrogens with zero attached hydrogens (tertiary/aromatic N) is 1. The maximum atomic E-state index is 12.3. The predicted octanol–water partition coefficient (Wildman–Crippen LogP) is -0.668. The number of thioether (sulfide) groups is 1. The van der Waals surface area contributed by atoms with E-state index in [9.17, 15) is 14.4 Å². The van der Waals surface area contributed by atoms with E-state index in [0.29, 0.717) is 38.1 Å². The number of amides is 3. The average Bonchev–Trinajstić information content (AvgIpc) is 2.62. The van der Waals surface area contributed by atoms with Gasteiger partial charge in [-0.25, -0.2) is 0 Å². The second-order valence-electron chi connectivity index (χ2n) is 4.95. The summed E-state index contributed by atoms with van der Waals surface area (Å²) in [4.78, 5) is 36.6. The van der Waals surface area contributed by atoms with Gasteiger partial charge in [0.2, 0.25) is 17.7 Å². The smallest absolute Gasteiger partial charge is 0.246 e. The summed E-state index contributed by atoms with van der Waals surface area (Å²) in [7, 11) is 0. The van der Waals surface area contributed by atoms with Gasteiger partial charge in [-0.1, -0.05) is 0 Å². The first-order valence-electron chi connectivity index (χ1n) is 6.53. The maximum absolute atomic E-state index is 12.3. The summed E-state index contributed by atoms with van der Waals surface area (Å²) >= 11 is 1.62. The molecule has 3 N–H and O–H groups in total. The highest BCUT2D eigenvalue weighted by Crippen LogP contribution is 2.19. The molecule has 0 radical (unpaired) electrons. The van der Waals surface area contributed by atoms with Crippen LogP contribution in [0.5, 0.6) is 0 Å². The molecule has 2 saturated heterocycles. The normalized spacial score (nSPS) is 25.6. The number of carbonyl (C=O) groups is 3. The zero-order chi connectivity index (χ0) is 13.8. The van der Waals surface area contributed by atoms with Crippen LogP contribution in [0.3, 0.4) is 0 Å². The molecule has 1 unspecified atom stereocenters. The average molecular weight is 285 g/mol. The van der Waals surface area contributed by atoms with Crippen molar-refractivity contribution in [2.24, 2.45) is 11.7 Å². The molecule has 1 atom stereocenters. The Kier molecular flexibility index (Phi) is 4.68. The molecule has 2 heterocycles. The van der Waals surface area contributed by atoms with E-state index < -0.39 is 6.04 Å². The second-order valence-corrected chi connectivity index (χ2v) is 6.10. The van der Waals surface area contributed by atoms with E-state index in [2.05, 4.69) is 5.32 Å². The third-order valence-corrected chi connectivity index (χ3v) is 4.66. The number of nitrogens with two attached hydrogens (primary N) is 1. The molecule has 2 rings (SSSR count). The summed E-state index contributed by atoms with van der Waals surface area (Å²) in [5.41, 5.74) is 5.27. The number of nitrogens with one attached hydrogen (secondary N) is 1. The Morgan fingerprint density at radius 1 is 1.32 bits per heavy atom. The Bertz CT molecular complexity index is 380. The van der Waals surface area contributed by atoms with Gasteiger partial charge in [-0.05, 0) is 12.8 Å².